The van der Waals surface area contributed by atoms with Crippen molar-refractivity contribution in [2.24, 2.45) is 0 Å². The predicted octanol–water partition coefficient (Wildman–Crippen LogP) is 2.99. The van der Waals surface area contributed by atoms with Crippen LogP contribution in [-0.2, 0) is 6.42 Å². The summed E-state index contributed by atoms with van der Waals surface area (Å²) in [6, 6.07) is 10.1. The fraction of sp³-hybridized carbons (Fsp3) is 0.412. The average Bonchev–Trinajstić information content (AvgIpc) is 2.90. The monoisotopic (exact) mass is 284 g/mol. The van der Waals surface area contributed by atoms with Crippen molar-refractivity contribution >= 4 is 0 Å². The van der Waals surface area contributed by atoms with E-state index in [1.807, 2.05) is 12.1 Å². The van der Waals surface area contributed by atoms with E-state index in [1.165, 1.54) is 18.4 Å². The summed E-state index contributed by atoms with van der Waals surface area (Å²) in [4.78, 5) is 18.9. The maximum atomic E-state index is 11.8. The van der Waals surface area contributed by atoms with E-state index in [-0.39, 0.29) is 11.7 Å². The molecule has 4 nitrogen and oxygen atoms in total. The van der Waals surface area contributed by atoms with Crippen LogP contribution in [0.15, 0.2) is 35.1 Å². The number of ether oxygens (including phenoxy) is 1. The molecule has 1 aromatic heterocycles. The SMILES string of the molecule is Cc1cccc(Cc2cc(=O)[nH]c(OC3CCCC3)n2)c1. The molecule has 1 N–H and O–H groups in total. The minimum absolute atomic E-state index is 0.152. The molecule has 1 heterocycles. The van der Waals surface area contributed by atoms with Gasteiger partial charge in [0.15, 0.2) is 0 Å². The van der Waals surface area contributed by atoms with Crippen molar-refractivity contribution in [1.82, 2.24) is 9.97 Å². The zero-order valence-corrected chi connectivity index (χ0v) is 12.3. The van der Waals surface area contributed by atoms with Crippen LogP contribution in [0.1, 0.15) is 42.5 Å². The fourth-order valence-electron chi connectivity index (χ4n) is 2.83. The first-order chi connectivity index (χ1) is 10.2. The summed E-state index contributed by atoms with van der Waals surface area (Å²) in [6.07, 6.45) is 5.32. The molecule has 0 amide bonds. The van der Waals surface area contributed by atoms with Crippen LogP contribution in [0.4, 0.5) is 0 Å². The summed E-state index contributed by atoms with van der Waals surface area (Å²) in [5.41, 5.74) is 2.96. The molecule has 0 spiro atoms. The quantitative estimate of drug-likeness (QED) is 0.939. The van der Waals surface area contributed by atoms with Gasteiger partial charge in [-0.25, -0.2) is 4.98 Å². The highest BCUT2D eigenvalue weighted by Crippen LogP contribution is 2.21. The second-order valence-electron chi connectivity index (χ2n) is 5.73. The molecule has 3 rings (SSSR count). The van der Waals surface area contributed by atoms with Gasteiger partial charge in [0.1, 0.15) is 6.10 Å². The Balaban J connectivity index is 1.78. The first-order valence-electron chi connectivity index (χ1n) is 7.51. The molecule has 1 aliphatic carbocycles. The highest BCUT2D eigenvalue weighted by atomic mass is 16.5. The molecule has 1 aliphatic rings. The number of aromatic amines is 1. The van der Waals surface area contributed by atoms with Crippen molar-refractivity contribution in [2.45, 2.75) is 45.1 Å². The van der Waals surface area contributed by atoms with Crippen LogP contribution in [0.3, 0.4) is 0 Å². The summed E-state index contributed by atoms with van der Waals surface area (Å²) in [6.45, 7) is 2.06. The zero-order chi connectivity index (χ0) is 14.7. The van der Waals surface area contributed by atoms with Crippen LogP contribution >= 0.6 is 0 Å². The van der Waals surface area contributed by atoms with Crippen molar-refractivity contribution in [2.75, 3.05) is 0 Å². The van der Waals surface area contributed by atoms with E-state index in [9.17, 15) is 4.79 Å². The van der Waals surface area contributed by atoms with Gasteiger partial charge in [-0.2, -0.15) is 0 Å². The van der Waals surface area contributed by atoms with Gasteiger partial charge in [-0.1, -0.05) is 29.8 Å². The molecule has 0 saturated heterocycles. The zero-order valence-electron chi connectivity index (χ0n) is 12.3. The number of H-pyrrole nitrogens is 1. The summed E-state index contributed by atoms with van der Waals surface area (Å²) >= 11 is 0. The third-order valence-corrected chi connectivity index (χ3v) is 3.82. The minimum Gasteiger partial charge on any atom is -0.461 e. The Kier molecular flexibility index (Phi) is 4.04. The van der Waals surface area contributed by atoms with Gasteiger partial charge in [0.05, 0.1) is 5.69 Å². The molecule has 0 bridgehead atoms. The Hall–Kier alpha value is -2.10. The first-order valence-corrected chi connectivity index (χ1v) is 7.51. The van der Waals surface area contributed by atoms with Crippen molar-refractivity contribution in [1.29, 1.82) is 0 Å². The van der Waals surface area contributed by atoms with E-state index in [2.05, 4.69) is 29.0 Å². The average molecular weight is 284 g/mol. The highest BCUT2D eigenvalue weighted by Gasteiger charge is 2.17. The Labute approximate surface area is 124 Å². The standard InChI is InChI=1S/C17H20N2O2/c1-12-5-4-6-13(9-12)10-14-11-16(20)19-17(18-14)21-15-7-2-3-8-15/h4-6,9,11,15H,2-3,7-8,10H2,1H3,(H,18,19,20). The van der Waals surface area contributed by atoms with Gasteiger partial charge in [0, 0.05) is 12.5 Å². The number of rotatable bonds is 4. The second kappa shape index (κ2) is 6.12. The molecule has 2 aromatic rings. The maximum absolute atomic E-state index is 11.8. The third kappa shape index (κ3) is 3.72. The second-order valence-corrected chi connectivity index (χ2v) is 5.73. The molecule has 1 saturated carbocycles. The largest absolute Gasteiger partial charge is 0.461 e. The Morgan fingerprint density at radius 1 is 1.29 bits per heavy atom. The normalized spacial score (nSPS) is 15.3. The van der Waals surface area contributed by atoms with Crippen LogP contribution in [0.2, 0.25) is 0 Å². The fourth-order valence-corrected chi connectivity index (χ4v) is 2.83. The number of aryl methyl sites for hydroxylation is 1. The number of hydrogen-bond acceptors (Lipinski definition) is 3. The topological polar surface area (TPSA) is 55.0 Å². The van der Waals surface area contributed by atoms with Crippen LogP contribution in [0, 0.1) is 6.92 Å². The van der Waals surface area contributed by atoms with E-state index >= 15 is 0 Å². The van der Waals surface area contributed by atoms with Gasteiger partial charge in [0.25, 0.3) is 11.6 Å². The molecule has 110 valence electrons. The molecule has 1 fully saturated rings. The summed E-state index contributed by atoms with van der Waals surface area (Å²) in [5.74, 6) is 0. The maximum Gasteiger partial charge on any atom is 0.296 e. The molecular weight excluding hydrogens is 264 g/mol. The van der Waals surface area contributed by atoms with Crippen LogP contribution in [-0.4, -0.2) is 16.1 Å². The van der Waals surface area contributed by atoms with E-state index in [4.69, 9.17) is 4.74 Å². The molecule has 0 radical (unpaired) electrons. The van der Waals surface area contributed by atoms with Gasteiger partial charge in [-0.15, -0.1) is 0 Å². The first kappa shape index (κ1) is 13.9. The van der Waals surface area contributed by atoms with Crippen LogP contribution in [0.5, 0.6) is 6.01 Å². The van der Waals surface area contributed by atoms with E-state index in [1.54, 1.807) is 6.07 Å². The molecule has 1 aromatic carbocycles. The molecular formula is C17H20N2O2. The van der Waals surface area contributed by atoms with Crippen molar-refractivity contribution in [3.63, 3.8) is 0 Å². The van der Waals surface area contributed by atoms with Gasteiger partial charge < -0.3 is 4.74 Å². The van der Waals surface area contributed by atoms with Crippen molar-refractivity contribution in [3.8, 4) is 6.01 Å². The van der Waals surface area contributed by atoms with Gasteiger partial charge >= 0.3 is 0 Å². The number of nitrogens with one attached hydrogen (secondary N) is 1. The van der Waals surface area contributed by atoms with E-state index in [0.717, 1.165) is 24.1 Å². The molecule has 0 unspecified atom stereocenters. The van der Waals surface area contributed by atoms with E-state index < -0.39 is 0 Å². The van der Waals surface area contributed by atoms with Crippen LogP contribution in [0.25, 0.3) is 0 Å². The number of nitrogens with zero attached hydrogens (tertiary/aromatic N) is 1. The Morgan fingerprint density at radius 2 is 2.10 bits per heavy atom. The molecule has 21 heavy (non-hydrogen) atoms. The molecule has 0 aliphatic heterocycles. The number of benzene rings is 1. The molecule has 0 atom stereocenters. The Morgan fingerprint density at radius 3 is 2.86 bits per heavy atom. The van der Waals surface area contributed by atoms with Gasteiger partial charge in [-0.3, -0.25) is 9.78 Å². The number of aromatic nitrogens is 2. The lowest BCUT2D eigenvalue weighted by Gasteiger charge is -2.12. The lowest BCUT2D eigenvalue weighted by Crippen LogP contribution is -2.17. The van der Waals surface area contributed by atoms with Crippen molar-refractivity contribution < 1.29 is 4.74 Å². The lowest BCUT2D eigenvalue weighted by atomic mass is 10.1. The summed E-state index contributed by atoms with van der Waals surface area (Å²) in [5, 5.41) is 0. The number of hydrogen-bond donors (Lipinski definition) is 1. The predicted molar refractivity (Wildman–Crippen MR) is 81.7 cm³/mol. The lowest BCUT2D eigenvalue weighted by molar-refractivity contribution is 0.191. The van der Waals surface area contributed by atoms with Crippen molar-refractivity contribution in [3.05, 3.63) is 57.5 Å². The van der Waals surface area contributed by atoms with Gasteiger partial charge in [0.2, 0.25) is 0 Å². The highest BCUT2D eigenvalue weighted by molar-refractivity contribution is 5.26. The summed E-state index contributed by atoms with van der Waals surface area (Å²) in [7, 11) is 0. The van der Waals surface area contributed by atoms with Crippen LogP contribution < -0.4 is 10.3 Å². The Bertz CT molecular complexity index is 672. The molecule has 4 heteroatoms. The minimum atomic E-state index is -0.152. The third-order valence-electron chi connectivity index (χ3n) is 3.82. The van der Waals surface area contributed by atoms with E-state index in [0.29, 0.717) is 12.4 Å². The smallest absolute Gasteiger partial charge is 0.296 e. The summed E-state index contributed by atoms with van der Waals surface area (Å²) < 4.78 is 5.79. The van der Waals surface area contributed by atoms with Gasteiger partial charge in [-0.05, 0) is 38.2 Å².